The van der Waals surface area contributed by atoms with E-state index in [2.05, 4.69) is 21.3 Å². The van der Waals surface area contributed by atoms with Gasteiger partial charge >= 0.3 is 23.6 Å². The van der Waals surface area contributed by atoms with Gasteiger partial charge in [0, 0.05) is 117 Å². The standard InChI is InChI=1S/C61H69N7O17/c1-30-12-10-13-31(2)59(76)64-50-54(74)46-45(47-56(35(6)53(46)73)85-61(8,58(47)75)82-21-16-42(79-9)32(3)55(83-36(7)69)34(5)52(72)33(4)51(30)71)49-57(50)84-43-24-39(23-41(70)48(43)63-49)66-19-17-65(18-20-66)25-37-14-11-15-38(22-37)28-80-40-26-67-27-44(68(77)78)62-60(67)81-29-40/h10-16,21-24,27,30,32-34,40,42,51-52,55,71-73,75H,17-20,25-26,28-29H2,1-9H3,(H,64,76)/t30-,32+,33+,34+,40-,42-,51-,52+,55+,61-/m0/s1. The van der Waals surface area contributed by atoms with Gasteiger partial charge in [-0.15, -0.1) is 0 Å². The molecule has 4 aromatic carbocycles. The van der Waals surface area contributed by atoms with Gasteiger partial charge < -0.3 is 73.6 Å². The van der Waals surface area contributed by atoms with E-state index in [1.807, 2.05) is 23.1 Å². The number of fused-ring (bicyclic) bond motifs is 3. The molecule has 1 amide bonds. The molecule has 10 rings (SSSR count). The van der Waals surface area contributed by atoms with Gasteiger partial charge in [-0.2, -0.15) is 0 Å². The second-order valence-corrected chi connectivity index (χ2v) is 22.7. The summed E-state index contributed by atoms with van der Waals surface area (Å²) in [6.45, 7) is 16.3. The normalized spacial score (nSPS) is 26.0. The molecular formula is C61H69N7O17. The number of allylic oxidation sites excluding steroid dienone is 2. The number of methoxy groups -OCH3 is 1. The second-order valence-electron chi connectivity index (χ2n) is 22.7. The molecule has 6 aromatic rings. The molecule has 1 saturated heterocycles. The summed E-state index contributed by atoms with van der Waals surface area (Å²) in [5.74, 6) is -7.50. The number of aromatic hydroxyl groups is 1. The number of esters is 1. The number of imidazole rings is 1. The Morgan fingerprint density at radius 2 is 1.68 bits per heavy atom. The monoisotopic (exact) mass is 1170 g/mol. The molecule has 4 bridgehead atoms. The van der Waals surface area contributed by atoms with Crippen molar-refractivity contribution in [1.29, 1.82) is 0 Å². The summed E-state index contributed by atoms with van der Waals surface area (Å²) in [7, 11) is 1.44. The summed E-state index contributed by atoms with van der Waals surface area (Å²) in [4.78, 5) is 79.9. The molecule has 0 saturated carbocycles. The molecule has 1 fully saturated rings. The number of amides is 1. The number of aliphatic hydroxyl groups is 3. The zero-order valence-electron chi connectivity index (χ0n) is 48.6. The number of phenols is 1. The number of phenolic OH excluding ortho intramolecular Hbond substituents is 1. The number of aliphatic hydroxyl groups excluding tert-OH is 3. The van der Waals surface area contributed by atoms with Crippen molar-refractivity contribution < 1.29 is 67.8 Å². The van der Waals surface area contributed by atoms with Gasteiger partial charge in [0.1, 0.15) is 47.7 Å². The average molecular weight is 1170 g/mol. The fourth-order valence-corrected chi connectivity index (χ4v) is 11.8. The minimum atomic E-state index is -2.02. The summed E-state index contributed by atoms with van der Waals surface area (Å²) in [5.41, 5.74) is 0.197. The molecule has 4 aliphatic rings. The van der Waals surface area contributed by atoms with Gasteiger partial charge in [-0.3, -0.25) is 28.6 Å². The summed E-state index contributed by atoms with van der Waals surface area (Å²) < 4.78 is 44.1. The summed E-state index contributed by atoms with van der Waals surface area (Å²) >= 11 is 0. The Balaban J connectivity index is 0.983. The van der Waals surface area contributed by atoms with Crippen molar-refractivity contribution in [3.05, 3.63) is 131 Å². The lowest BCUT2D eigenvalue weighted by atomic mass is 9.78. The Kier molecular flexibility index (Phi) is 16.8. The highest BCUT2D eigenvalue weighted by Gasteiger charge is 2.44. The Morgan fingerprint density at radius 1 is 0.941 bits per heavy atom. The van der Waals surface area contributed by atoms with Crippen LogP contribution in [0.5, 0.6) is 17.5 Å². The van der Waals surface area contributed by atoms with Crippen LogP contribution >= 0.6 is 0 Å². The van der Waals surface area contributed by atoms with E-state index in [-0.39, 0.29) is 79.6 Å². The van der Waals surface area contributed by atoms with Crippen LogP contribution in [0.1, 0.15) is 65.2 Å². The van der Waals surface area contributed by atoms with Crippen LogP contribution in [-0.2, 0) is 48.2 Å². The number of hydrogen-bond donors (Lipinski definition) is 5. The first-order valence-corrected chi connectivity index (χ1v) is 28.1. The lowest BCUT2D eigenvalue weighted by Crippen LogP contribution is -2.46. The molecule has 6 heterocycles. The van der Waals surface area contributed by atoms with Crippen molar-refractivity contribution in [3.8, 4) is 17.5 Å². The van der Waals surface area contributed by atoms with Crippen molar-refractivity contribution in [2.75, 3.05) is 50.1 Å². The molecule has 0 aliphatic carbocycles. The smallest absolute Gasteiger partial charge is 0.414 e. The molecule has 0 unspecified atom stereocenters. The minimum Gasteiger partial charge on any atom is -0.507 e. The van der Waals surface area contributed by atoms with Crippen molar-refractivity contribution in [2.24, 2.45) is 23.7 Å². The van der Waals surface area contributed by atoms with Crippen molar-refractivity contribution in [1.82, 2.24) is 19.4 Å². The van der Waals surface area contributed by atoms with Crippen molar-refractivity contribution >= 4 is 67.8 Å². The number of nitrogens with zero attached hydrogens (tertiary/aromatic N) is 6. The van der Waals surface area contributed by atoms with E-state index in [9.17, 15) is 44.9 Å². The van der Waals surface area contributed by atoms with E-state index in [0.717, 1.165) is 11.1 Å². The summed E-state index contributed by atoms with van der Waals surface area (Å²) in [5, 5.41) is 60.8. The van der Waals surface area contributed by atoms with Crippen LogP contribution in [0.4, 0.5) is 17.2 Å². The molecule has 24 heteroatoms. The Labute approximate surface area is 487 Å². The second kappa shape index (κ2) is 23.9. The van der Waals surface area contributed by atoms with Crippen LogP contribution in [0.3, 0.4) is 0 Å². The third kappa shape index (κ3) is 11.6. The molecule has 24 nitrogen and oxygen atoms in total. The molecule has 85 heavy (non-hydrogen) atoms. The van der Waals surface area contributed by atoms with E-state index >= 15 is 4.79 Å². The third-order valence-corrected chi connectivity index (χ3v) is 16.8. The number of aromatic nitrogens is 3. The van der Waals surface area contributed by atoms with Crippen molar-refractivity contribution in [3.63, 3.8) is 0 Å². The maximum absolute atomic E-state index is 15.1. The zero-order chi connectivity index (χ0) is 60.9. The number of benzene rings is 4. The highest BCUT2D eigenvalue weighted by molar-refractivity contribution is 6.17. The van der Waals surface area contributed by atoms with Gasteiger partial charge in [0.15, 0.2) is 22.4 Å². The first-order chi connectivity index (χ1) is 40.5. The van der Waals surface area contributed by atoms with Crippen molar-refractivity contribution in [2.45, 2.75) is 111 Å². The van der Waals surface area contributed by atoms with Crippen LogP contribution < -0.4 is 35.8 Å². The Bertz CT molecular complexity index is 3910. The van der Waals surface area contributed by atoms with Crippen LogP contribution in [-0.4, -0.2) is 133 Å². The van der Waals surface area contributed by atoms with E-state index in [1.165, 1.54) is 65.5 Å². The van der Waals surface area contributed by atoms with Crippen LogP contribution in [0, 0.1) is 40.7 Å². The first-order valence-electron chi connectivity index (χ1n) is 28.1. The third-order valence-electron chi connectivity index (χ3n) is 16.8. The van der Waals surface area contributed by atoms with Crippen LogP contribution in [0.2, 0.25) is 0 Å². The largest absolute Gasteiger partial charge is 0.507 e. The fraction of sp³-hybridized carbons (Fsp3) is 0.443. The lowest BCUT2D eigenvalue weighted by Gasteiger charge is -2.38. The summed E-state index contributed by atoms with van der Waals surface area (Å²) in [6.07, 6.45) is 4.39. The minimum absolute atomic E-state index is 0.0180. The first kappa shape index (κ1) is 59.7. The number of carbonyl (C=O) groups excluding carboxylic acids is 2. The van der Waals surface area contributed by atoms with Gasteiger partial charge in [-0.05, 0) is 36.0 Å². The molecule has 2 aromatic heterocycles. The van der Waals surface area contributed by atoms with E-state index in [0.29, 0.717) is 51.6 Å². The van der Waals surface area contributed by atoms with Crippen LogP contribution in [0.15, 0.2) is 92.7 Å². The lowest BCUT2D eigenvalue weighted by molar-refractivity contribution is -0.389. The Morgan fingerprint density at radius 3 is 2.40 bits per heavy atom. The highest BCUT2D eigenvalue weighted by Crippen LogP contribution is 2.43. The Hall–Kier alpha value is -8.42. The molecule has 450 valence electrons. The highest BCUT2D eigenvalue weighted by atomic mass is 16.7. The number of nitro groups is 1. The van der Waals surface area contributed by atoms with E-state index < -0.39 is 98.7 Å². The predicted molar refractivity (Wildman–Crippen MR) is 312 cm³/mol. The van der Waals surface area contributed by atoms with Gasteiger partial charge in [0.2, 0.25) is 10.9 Å². The number of ether oxygens (including phenoxy) is 6. The fourth-order valence-electron chi connectivity index (χ4n) is 11.8. The predicted octanol–water partition coefficient (Wildman–Crippen LogP) is 5.96. The van der Waals surface area contributed by atoms with Gasteiger partial charge in [-0.1, -0.05) is 70.2 Å². The van der Waals surface area contributed by atoms with Gasteiger partial charge in [-0.25, -0.2) is 4.98 Å². The van der Waals surface area contributed by atoms with E-state index in [1.54, 1.807) is 50.5 Å². The number of carbonyl (C=O) groups is 2. The molecule has 10 atom stereocenters. The topological polar surface area (TPSA) is 310 Å². The summed E-state index contributed by atoms with van der Waals surface area (Å²) in [6, 6.07) is 11.3. The number of hydrogen-bond acceptors (Lipinski definition) is 21. The number of piperazine rings is 1. The number of anilines is 2. The zero-order valence-corrected chi connectivity index (χ0v) is 48.6. The average Bonchev–Trinajstić information content (AvgIpc) is 1.71. The van der Waals surface area contributed by atoms with Gasteiger partial charge in [0.25, 0.3) is 5.91 Å². The van der Waals surface area contributed by atoms with E-state index in [4.69, 9.17) is 37.8 Å². The molecule has 5 N–H and O–H groups in total. The molecule has 0 spiro atoms. The number of rotatable bonds is 9. The quantitative estimate of drug-likeness (QED) is 0.0366. The maximum atomic E-state index is 15.1. The maximum Gasteiger partial charge on any atom is 0.414 e. The van der Waals surface area contributed by atoms with Gasteiger partial charge in [0.05, 0.1) is 48.3 Å². The number of nitrogens with one attached hydrogen (secondary N) is 1. The molecule has 0 radical (unpaired) electrons. The van der Waals surface area contributed by atoms with Crippen LogP contribution in [0.25, 0.3) is 38.7 Å². The molecule has 4 aliphatic heterocycles. The molecular weight excluding hydrogens is 1100 g/mol. The SMILES string of the molecule is CO[C@H]1C=CO[C@@]2(C)Oc3c(C)c(O)c4c(=O)c(c5oc6cc(N7CCN(Cc8cccc(CO[C@@H]9COc%10nc([N+](=O)[O-])cn%10C9)c8)CC7)cc(=O)c6nc5c4c3=C2O)NC(=O)C(C)=CC=C[C@H](C)[C@H](O)[C@@H](C)[C@@H](O)[C@@H](C)[C@H](OC(C)=O)[C@@H]1C.